The number of aromatic amines is 1. The third-order valence-corrected chi connectivity index (χ3v) is 4.42. The second kappa shape index (κ2) is 12.4. The van der Waals surface area contributed by atoms with Gasteiger partial charge in [0.1, 0.15) is 0 Å². The van der Waals surface area contributed by atoms with E-state index in [-0.39, 0.29) is 22.9 Å². The Balaban J connectivity index is 1.89. The molecule has 1 aromatic heterocycles. The van der Waals surface area contributed by atoms with Crippen LogP contribution in [-0.4, -0.2) is 62.6 Å². The molecule has 0 bridgehead atoms. The van der Waals surface area contributed by atoms with Gasteiger partial charge in [-0.15, -0.1) is 0 Å². The van der Waals surface area contributed by atoms with E-state index in [1.54, 1.807) is 18.1 Å². The summed E-state index contributed by atoms with van der Waals surface area (Å²) in [4.78, 5) is 19.3. The van der Waals surface area contributed by atoms with E-state index in [2.05, 4.69) is 28.1 Å². The first-order chi connectivity index (χ1) is 14.0. The Labute approximate surface area is 179 Å². The molecule has 8 nitrogen and oxygen atoms in total. The number of nitrogens with one attached hydrogen (secondary N) is 4. The van der Waals surface area contributed by atoms with E-state index < -0.39 is 0 Å². The van der Waals surface area contributed by atoms with Crippen molar-refractivity contribution in [3.63, 3.8) is 0 Å². The normalized spacial score (nSPS) is 10.5. The third kappa shape index (κ3) is 7.62. The molecule has 0 unspecified atom stereocenters. The average molecular weight is 438 g/mol. The summed E-state index contributed by atoms with van der Waals surface area (Å²) in [6, 6.07) is 5.24. The van der Waals surface area contributed by atoms with Crippen molar-refractivity contribution in [2.75, 3.05) is 43.6 Å². The molecule has 0 saturated carbocycles. The second-order valence-corrected chi connectivity index (χ2v) is 6.64. The number of benzene rings is 1. The summed E-state index contributed by atoms with van der Waals surface area (Å²) in [5.74, 6) is 1.92. The zero-order valence-corrected chi connectivity index (χ0v) is 17.3. The van der Waals surface area contributed by atoms with E-state index in [0.717, 1.165) is 11.8 Å². The Bertz CT molecular complexity index is 894. The summed E-state index contributed by atoms with van der Waals surface area (Å²) >= 11 is 11.9. The van der Waals surface area contributed by atoms with Crippen LogP contribution in [-0.2, 0) is 16.0 Å². The van der Waals surface area contributed by atoms with E-state index in [4.69, 9.17) is 38.1 Å². The molecule has 154 valence electrons. The summed E-state index contributed by atoms with van der Waals surface area (Å²) < 4.78 is 10.6. The molecular formula is C18H22BCl2N5O3. The van der Waals surface area contributed by atoms with Crippen LogP contribution < -0.4 is 16.2 Å². The summed E-state index contributed by atoms with van der Waals surface area (Å²) in [6.45, 7) is 2.55. The number of halogens is 2. The van der Waals surface area contributed by atoms with Crippen molar-refractivity contribution in [3.8, 4) is 0 Å². The first-order valence-corrected chi connectivity index (χ1v) is 9.63. The quantitative estimate of drug-likeness (QED) is 0.216. The summed E-state index contributed by atoms with van der Waals surface area (Å²) in [7, 11) is 3.56. The van der Waals surface area contributed by atoms with Gasteiger partial charge in [-0.2, -0.15) is 0 Å². The molecule has 0 aliphatic heterocycles. The number of anilines is 2. The molecule has 0 spiro atoms. The van der Waals surface area contributed by atoms with Crippen LogP contribution in [0.15, 0.2) is 23.0 Å². The predicted molar refractivity (Wildman–Crippen MR) is 120 cm³/mol. The van der Waals surface area contributed by atoms with Gasteiger partial charge in [-0.1, -0.05) is 29.3 Å². The minimum absolute atomic E-state index is 0.214. The van der Waals surface area contributed by atoms with Gasteiger partial charge in [-0.3, -0.25) is 0 Å². The fourth-order valence-electron chi connectivity index (χ4n) is 2.32. The predicted octanol–water partition coefficient (Wildman–Crippen LogP) is 1.83. The van der Waals surface area contributed by atoms with E-state index in [1.807, 2.05) is 6.07 Å². The molecule has 0 amide bonds. The van der Waals surface area contributed by atoms with Crippen molar-refractivity contribution in [1.29, 1.82) is 5.41 Å². The van der Waals surface area contributed by atoms with Gasteiger partial charge in [-0.05, 0) is 17.7 Å². The number of hydrogen-bond donors (Lipinski definition) is 4. The number of rotatable bonds is 13. The number of aromatic nitrogens is 2. The number of nitrogens with zero attached hydrogens (tertiary/aromatic N) is 1. The molecule has 1 heterocycles. The number of H-pyrrole nitrogens is 1. The van der Waals surface area contributed by atoms with Gasteiger partial charge < -0.3 is 10.7 Å². The maximum atomic E-state index is 12.4. The van der Waals surface area contributed by atoms with E-state index >= 15 is 0 Å². The van der Waals surface area contributed by atoms with E-state index in [9.17, 15) is 4.79 Å². The molecule has 4 N–H and O–H groups in total. The molecule has 0 fully saturated rings. The van der Waals surface area contributed by atoms with Crippen molar-refractivity contribution in [2.45, 2.75) is 6.54 Å². The van der Waals surface area contributed by atoms with Crippen LogP contribution in [0.1, 0.15) is 11.3 Å². The van der Waals surface area contributed by atoms with Crippen molar-refractivity contribution in [3.05, 3.63) is 49.9 Å². The Morgan fingerprint density at radius 1 is 1.17 bits per heavy atom. The van der Waals surface area contributed by atoms with Crippen LogP contribution in [0.4, 0.5) is 11.6 Å². The maximum absolute atomic E-state index is 12.4. The molecule has 2 aromatic rings. The van der Waals surface area contributed by atoms with Crippen LogP contribution in [0.2, 0.25) is 10.0 Å². The molecule has 0 aliphatic carbocycles. The van der Waals surface area contributed by atoms with Gasteiger partial charge in [0, 0.05) is 6.54 Å². The topological polar surface area (TPSA) is 112 Å². The van der Waals surface area contributed by atoms with Crippen LogP contribution >= 0.6 is 23.2 Å². The summed E-state index contributed by atoms with van der Waals surface area (Å²) in [5.41, 5.74) is 0.922. The van der Waals surface area contributed by atoms with Crippen LogP contribution in [0, 0.1) is 5.41 Å². The van der Waals surface area contributed by atoms with Gasteiger partial charge in [0.25, 0.3) is 0 Å². The van der Waals surface area contributed by atoms with Gasteiger partial charge in [0.05, 0.1) is 10.0 Å². The fourth-order valence-corrected chi connectivity index (χ4v) is 2.64. The Morgan fingerprint density at radius 3 is 2.69 bits per heavy atom. The van der Waals surface area contributed by atoms with Crippen LogP contribution in [0.5, 0.6) is 0 Å². The molecule has 29 heavy (non-hydrogen) atoms. The van der Waals surface area contributed by atoms with Gasteiger partial charge >= 0.3 is 99.1 Å². The second-order valence-electron chi connectivity index (χ2n) is 5.82. The molecule has 11 heteroatoms. The first kappa shape index (κ1) is 23.1. The average Bonchev–Trinajstić information content (AvgIpc) is 2.71. The van der Waals surface area contributed by atoms with Crippen molar-refractivity contribution >= 4 is 54.5 Å². The van der Waals surface area contributed by atoms with Crippen molar-refractivity contribution in [2.24, 2.45) is 0 Å². The van der Waals surface area contributed by atoms with Gasteiger partial charge in [-0.25, -0.2) is 0 Å². The standard InChI is InChI=1S/C18H22BCl2N5O3/c19-3-5-28-7-8-29-6-4-23-16-15(10-22)25-18(26-17(16)27)24-11-12-1-2-13(20)14(21)9-12/h1-3,9-10,19,22-23H,4-8,11H2,(H2,24,25,26,27). The van der Waals surface area contributed by atoms with Crippen LogP contribution in [0.3, 0.4) is 0 Å². The Morgan fingerprint density at radius 2 is 1.97 bits per heavy atom. The van der Waals surface area contributed by atoms with Gasteiger partial charge in [0.2, 0.25) is 5.95 Å². The van der Waals surface area contributed by atoms with E-state index in [1.165, 1.54) is 0 Å². The SMILES string of the molecule is B=CCOCCOCCNc1c(C=N)nc(NCc2ccc(Cl)c(Cl)c2)[nH]c1=O. The van der Waals surface area contributed by atoms with Gasteiger partial charge in [0.15, 0.2) is 0 Å². The number of ether oxygens (including phenoxy) is 2. The molecule has 1 aromatic carbocycles. The summed E-state index contributed by atoms with van der Waals surface area (Å²) in [6.07, 6.45) is 1.02. The third-order valence-electron chi connectivity index (χ3n) is 3.68. The number of hydrogen-bond acceptors (Lipinski definition) is 7. The Hall–Kier alpha value is -2.20. The monoisotopic (exact) mass is 437 g/mol. The van der Waals surface area contributed by atoms with Crippen molar-refractivity contribution < 1.29 is 9.47 Å². The molecule has 2 rings (SSSR count). The zero-order chi connectivity index (χ0) is 21.1. The molecule has 0 aliphatic rings. The Kier molecular flexibility index (Phi) is 9.86. The minimum atomic E-state index is -0.385. The zero-order valence-electron chi connectivity index (χ0n) is 15.8. The van der Waals surface area contributed by atoms with E-state index in [0.29, 0.717) is 49.6 Å². The molecule has 0 atom stereocenters. The molecule has 0 radical (unpaired) electrons. The molecule has 0 saturated heterocycles. The molecular weight excluding hydrogens is 416 g/mol. The first-order valence-electron chi connectivity index (χ1n) is 8.88. The summed E-state index contributed by atoms with van der Waals surface area (Å²) in [5, 5.41) is 14.4. The fraction of sp³-hybridized carbons (Fsp3) is 0.333. The van der Waals surface area contributed by atoms with Crippen molar-refractivity contribution in [1.82, 2.24) is 9.97 Å². The van der Waals surface area contributed by atoms with Crippen LogP contribution in [0.25, 0.3) is 0 Å².